The molecule has 6 nitrogen and oxygen atoms in total. The molecule has 1 heterocycles. The maximum absolute atomic E-state index is 12.8. The van der Waals surface area contributed by atoms with Crippen molar-refractivity contribution in [1.29, 1.82) is 0 Å². The Labute approximate surface area is 161 Å². The maximum Gasteiger partial charge on any atom is 0.410 e. The molecule has 2 aliphatic rings. The van der Waals surface area contributed by atoms with Gasteiger partial charge in [0.05, 0.1) is 12.1 Å². The van der Waals surface area contributed by atoms with Crippen molar-refractivity contribution in [3.8, 4) is 0 Å². The lowest BCUT2D eigenvalue weighted by Crippen LogP contribution is -2.56. The highest BCUT2D eigenvalue weighted by molar-refractivity contribution is 5.82. The zero-order valence-corrected chi connectivity index (χ0v) is 16.3. The molecule has 1 saturated heterocycles. The number of amides is 2. The van der Waals surface area contributed by atoms with Crippen molar-refractivity contribution in [2.24, 2.45) is 11.7 Å². The average molecular weight is 373 g/mol. The Balaban J connectivity index is 1.62. The van der Waals surface area contributed by atoms with Gasteiger partial charge in [-0.25, -0.2) is 4.79 Å². The Hall–Kier alpha value is -2.08. The van der Waals surface area contributed by atoms with Crippen molar-refractivity contribution in [2.45, 2.75) is 64.3 Å². The van der Waals surface area contributed by atoms with Crippen LogP contribution in [0.2, 0.25) is 0 Å². The number of piperidine rings is 1. The summed E-state index contributed by atoms with van der Waals surface area (Å²) in [7, 11) is 0. The third kappa shape index (κ3) is 5.01. The quantitative estimate of drug-likeness (QED) is 0.832. The molecule has 6 heteroatoms. The lowest BCUT2D eigenvalue weighted by molar-refractivity contribution is -0.135. The van der Waals surface area contributed by atoms with Gasteiger partial charge in [-0.05, 0) is 37.2 Å². The minimum absolute atomic E-state index is 0.0110. The summed E-state index contributed by atoms with van der Waals surface area (Å²) in [6.07, 6.45) is 3.54. The number of carbonyl (C=O) groups excluding carboxylic acids is 2. The van der Waals surface area contributed by atoms with E-state index in [0.29, 0.717) is 13.1 Å². The fraction of sp³-hybridized carbons (Fsp3) is 0.619. The molecule has 2 N–H and O–H groups in total. The lowest BCUT2D eigenvalue weighted by atomic mass is 9.99. The molecular formula is C21H31N3O3. The first-order valence-electron chi connectivity index (χ1n) is 10.0. The van der Waals surface area contributed by atoms with Crippen LogP contribution in [-0.4, -0.2) is 53.0 Å². The van der Waals surface area contributed by atoms with Crippen LogP contribution in [0.3, 0.4) is 0 Å². The summed E-state index contributed by atoms with van der Waals surface area (Å²) in [5.74, 6) is 0.0938. The molecule has 1 aliphatic heterocycles. The van der Waals surface area contributed by atoms with E-state index in [4.69, 9.17) is 10.5 Å². The van der Waals surface area contributed by atoms with Crippen molar-refractivity contribution in [1.82, 2.24) is 9.80 Å². The molecule has 2 unspecified atom stereocenters. The number of benzene rings is 1. The molecule has 1 aliphatic carbocycles. The predicted octanol–water partition coefficient (Wildman–Crippen LogP) is 2.76. The molecule has 0 aromatic heterocycles. The van der Waals surface area contributed by atoms with Crippen LogP contribution >= 0.6 is 0 Å². The number of rotatable bonds is 6. The molecule has 1 aromatic carbocycles. The molecule has 0 radical (unpaired) electrons. The van der Waals surface area contributed by atoms with E-state index >= 15 is 0 Å². The number of ether oxygens (including phenoxy) is 1. The molecular weight excluding hydrogens is 342 g/mol. The Morgan fingerprint density at radius 1 is 1.19 bits per heavy atom. The predicted molar refractivity (Wildman–Crippen MR) is 104 cm³/mol. The van der Waals surface area contributed by atoms with Gasteiger partial charge < -0.3 is 20.3 Å². The minimum Gasteiger partial charge on any atom is -0.445 e. The van der Waals surface area contributed by atoms with Crippen LogP contribution in [-0.2, 0) is 16.1 Å². The van der Waals surface area contributed by atoms with Crippen molar-refractivity contribution in [3.63, 3.8) is 0 Å². The number of hydrogen-bond acceptors (Lipinski definition) is 4. The molecule has 2 amide bonds. The van der Waals surface area contributed by atoms with Gasteiger partial charge in [-0.3, -0.25) is 4.79 Å². The summed E-state index contributed by atoms with van der Waals surface area (Å²) >= 11 is 0. The van der Waals surface area contributed by atoms with Crippen LogP contribution < -0.4 is 5.73 Å². The number of likely N-dealkylation sites (tertiary alicyclic amines) is 1. The number of carbonyl (C=O) groups is 2. The Morgan fingerprint density at radius 3 is 2.52 bits per heavy atom. The smallest absolute Gasteiger partial charge is 0.410 e. The lowest BCUT2D eigenvalue weighted by Gasteiger charge is -2.40. The first-order valence-corrected chi connectivity index (χ1v) is 10.0. The summed E-state index contributed by atoms with van der Waals surface area (Å²) in [5, 5.41) is 0. The molecule has 148 valence electrons. The number of nitrogens with zero attached hydrogens (tertiary/aromatic N) is 2. The first kappa shape index (κ1) is 19.7. The van der Waals surface area contributed by atoms with Crippen LogP contribution in [0.15, 0.2) is 30.3 Å². The third-order valence-electron chi connectivity index (χ3n) is 5.46. The topological polar surface area (TPSA) is 75.9 Å². The molecule has 2 fully saturated rings. The van der Waals surface area contributed by atoms with E-state index in [-0.39, 0.29) is 36.6 Å². The fourth-order valence-electron chi connectivity index (χ4n) is 3.62. The Bertz CT molecular complexity index is 645. The van der Waals surface area contributed by atoms with Crippen LogP contribution in [0.4, 0.5) is 4.79 Å². The van der Waals surface area contributed by atoms with Gasteiger partial charge in [0, 0.05) is 19.1 Å². The maximum atomic E-state index is 12.8. The second kappa shape index (κ2) is 8.74. The second-order valence-electron chi connectivity index (χ2n) is 8.03. The van der Waals surface area contributed by atoms with E-state index in [1.165, 1.54) is 0 Å². The number of hydrogen-bond donors (Lipinski definition) is 1. The van der Waals surface area contributed by atoms with Crippen LogP contribution in [0, 0.1) is 5.92 Å². The van der Waals surface area contributed by atoms with Crippen molar-refractivity contribution in [3.05, 3.63) is 35.9 Å². The zero-order valence-electron chi connectivity index (χ0n) is 16.3. The normalized spacial score (nSPS) is 21.0. The summed E-state index contributed by atoms with van der Waals surface area (Å²) in [6, 6.07) is 9.48. The summed E-state index contributed by atoms with van der Waals surface area (Å²) in [6.45, 7) is 5.46. The summed E-state index contributed by atoms with van der Waals surface area (Å²) in [5.41, 5.74) is 7.04. The van der Waals surface area contributed by atoms with E-state index in [9.17, 15) is 9.59 Å². The van der Waals surface area contributed by atoms with Gasteiger partial charge in [0.25, 0.3) is 0 Å². The molecule has 1 saturated carbocycles. The summed E-state index contributed by atoms with van der Waals surface area (Å²) in [4.78, 5) is 29.1. The highest BCUT2D eigenvalue weighted by Crippen LogP contribution is 2.32. The van der Waals surface area contributed by atoms with Gasteiger partial charge in [0.1, 0.15) is 6.61 Å². The van der Waals surface area contributed by atoms with Crippen LogP contribution in [0.1, 0.15) is 45.1 Å². The minimum atomic E-state index is -0.483. The molecule has 1 aromatic rings. The molecule has 3 rings (SSSR count). The van der Waals surface area contributed by atoms with E-state index < -0.39 is 6.04 Å². The largest absolute Gasteiger partial charge is 0.445 e. The molecule has 0 spiro atoms. The highest BCUT2D eigenvalue weighted by atomic mass is 16.6. The van der Waals surface area contributed by atoms with Gasteiger partial charge in [0.15, 0.2) is 0 Å². The average Bonchev–Trinajstić information content (AvgIpc) is 3.51. The van der Waals surface area contributed by atoms with Gasteiger partial charge in [-0.1, -0.05) is 44.2 Å². The standard InChI is InChI=1S/C21H31N3O3/c1-15(2)19(22)20(25)23-12-6-9-18(13-23)24(17-10-11-17)21(26)27-14-16-7-4-3-5-8-16/h3-5,7-8,15,17-19H,6,9-14,22H2,1-2H3. The van der Waals surface area contributed by atoms with Crippen LogP contribution in [0.25, 0.3) is 0 Å². The first-order chi connectivity index (χ1) is 13.0. The van der Waals surface area contributed by atoms with E-state index in [1.54, 1.807) is 0 Å². The highest BCUT2D eigenvalue weighted by Gasteiger charge is 2.41. The monoisotopic (exact) mass is 373 g/mol. The van der Waals surface area contributed by atoms with Crippen molar-refractivity contribution >= 4 is 12.0 Å². The van der Waals surface area contributed by atoms with Crippen molar-refractivity contribution < 1.29 is 14.3 Å². The van der Waals surface area contributed by atoms with E-state index in [0.717, 1.165) is 31.2 Å². The van der Waals surface area contributed by atoms with E-state index in [1.807, 2.05) is 54.0 Å². The van der Waals surface area contributed by atoms with Gasteiger partial charge in [-0.15, -0.1) is 0 Å². The number of nitrogens with two attached hydrogens (primary N) is 1. The van der Waals surface area contributed by atoms with Gasteiger partial charge in [0.2, 0.25) is 5.91 Å². The Morgan fingerprint density at radius 2 is 1.89 bits per heavy atom. The van der Waals surface area contributed by atoms with E-state index in [2.05, 4.69) is 0 Å². The Kier molecular flexibility index (Phi) is 6.37. The third-order valence-corrected chi connectivity index (χ3v) is 5.46. The molecule has 27 heavy (non-hydrogen) atoms. The van der Waals surface area contributed by atoms with Gasteiger partial charge >= 0.3 is 6.09 Å². The fourth-order valence-corrected chi connectivity index (χ4v) is 3.62. The zero-order chi connectivity index (χ0) is 19.4. The SMILES string of the molecule is CC(C)C(N)C(=O)N1CCCC(N(C(=O)OCc2ccccc2)C2CC2)C1. The molecule has 0 bridgehead atoms. The molecule has 2 atom stereocenters. The van der Waals surface area contributed by atoms with Crippen molar-refractivity contribution in [2.75, 3.05) is 13.1 Å². The second-order valence-corrected chi connectivity index (χ2v) is 8.03. The summed E-state index contributed by atoms with van der Waals surface area (Å²) < 4.78 is 5.59. The van der Waals surface area contributed by atoms with Gasteiger partial charge in [-0.2, -0.15) is 0 Å². The van der Waals surface area contributed by atoms with Crippen LogP contribution in [0.5, 0.6) is 0 Å².